The number of carbonyl (C=O) groups is 2. The van der Waals surface area contributed by atoms with Crippen LogP contribution in [0.2, 0.25) is 0 Å². The lowest BCUT2D eigenvalue weighted by Gasteiger charge is -2.07. The number of benzene rings is 4. The smallest absolute Gasteiger partial charge is 0.434 e. The van der Waals surface area contributed by atoms with Gasteiger partial charge in [0.1, 0.15) is 11.5 Å². The van der Waals surface area contributed by atoms with Crippen LogP contribution in [0.5, 0.6) is 11.5 Å². The zero-order valence-electron chi connectivity index (χ0n) is 34.7. The Balaban J connectivity index is 0.000000307. The normalized spacial score (nSPS) is 10.8. The number of allylic oxidation sites excluding steroid dienone is 2. The topological polar surface area (TPSA) is 71.1 Å². The van der Waals surface area contributed by atoms with E-state index in [0.717, 1.165) is 34.4 Å². The molecular weight excluding hydrogens is 749 g/mol. The maximum Gasteiger partial charge on any atom is 0.513 e. The number of hydrogen-bond donors (Lipinski definition) is 0. The molecule has 4 aromatic carbocycles. The number of ether oxygens (including phenoxy) is 4. The van der Waals surface area contributed by atoms with E-state index in [4.69, 9.17) is 18.9 Å². The van der Waals surface area contributed by atoms with Crippen LogP contribution < -0.4 is 9.47 Å². The lowest BCUT2D eigenvalue weighted by atomic mass is 10.1. The van der Waals surface area contributed by atoms with Crippen molar-refractivity contribution in [1.82, 2.24) is 0 Å². The van der Waals surface area contributed by atoms with Crippen molar-refractivity contribution in [2.75, 3.05) is 24.7 Å². The Labute approximate surface area is 351 Å². The van der Waals surface area contributed by atoms with Crippen LogP contribution in [0, 0.1) is 0 Å². The van der Waals surface area contributed by atoms with Gasteiger partial charge >= 0.3 is 12.3 Å². The average molecular weight is 813 g/mol. The first-order chi connectivity index (χ1) is 27.9. The molecule has 0 aliphatic rings. The van der Waals surface area contributed by atoms with Gasteiger partial charge in [0.25, 0.3) is 0 Å². The van der Waals surface area contributed by atoms with Crippen LogP contribution in [0.3, 0.4) is 0 Å². The largest absolute Gasteiger partial charge is 0.513 e. The van der Waals surface area contributed by atoms with E-state index in [-0.39, 0.29) is 0 Å². The summed E-state index contributed by atoms with van der Waals surface area (Å²) in [6.07, 6.45) is 20.4. The van der Waals surface area contributed by atoms with Gasteiger partial charge in [-0.2, -0.15) is 0 Å². The molecule has 0 amide bonds. The highest BCUT2D eigenvalue weighted by atomic mass is 32.2. The van der Waals surface area contributed by atoms with Gasteiger partial charge in [0, 0.05) is 15.5 Å². The lowest BCUT2D eigenvalue weighted by Crippen LogP contribution is -2.09. The highest BCUT2D eigenvalue weighted by molar-refractivity contribution is 7.99. The minimum Gasteiger partial charge on any atom is -0.434 e. The summed E-state index contributed by atoms with van der Waals surface area (Å²) in [4.78, 5) is 25.3. The van der Waals surface area contributed by atoms with Gasteiger partial charge < -0.3 is 18.9 Å². The standard InChI is InChI=1S/C26H36O3S.C23H28O3S/c1-3-5-6-7-8-9-10-11-12-21-30-25-19-15-23(16-20-25)22-13-17-24(18-14-22)29-26(27)28-4-2;1-3-5-6-7-8-9-18-27-22-16-12-20(13-17-22)19-10-14-21(15-11-19)26-23(24)25-4-2/h13-20H,3-12,21H2,1-2H3;7-8,10-17H,3-6,9,18H2,1-2H3. The molecular formula is C49H64O6S2. The zero-order valence-corrected chi connectivity index (χ0v) is 36.3. The van der Waals surface area contributed by atoms with E-state index in [1.807, 2.05) is 47.8 Å². The van der Waals surface area contributed by atoms with Crippen molar-refractivity contribution in [3.8, 4) is 33.8 Å². The molecule has 8 heteroatoms. The second kappa shape index (κ2) is 30.0. The van der Waals surface area contributed by atoms with Crippen molar-refractivity contribution >= 4 is 35.8 Å². The lowest BCUT2D eigenvalue weighted by molar-refractivity contribution is 0.103. The van der Waals surface area contributed by atoms with Gasteiger partial charge in [-0.1, -0.05) is 139 Å². The fraction of sp³-hybridized carbons (Fsp3) is 0.429. The maximum atomic E-state index is 11.4. The zero-order chi connectivity index (χ0) is 40.8. The molecule has 0 fully saturated rings. The molecule has 0 N–H and O–H groups in total. The highest BCUT2D eigenvalue weighted by Crippen LogP contribution is 2.28. The van der Waals surface area contributed by atoms with Crippen LogP contribution in [-0.4, -0.2) is 37.0 Å². The minimum absolute atomic E-state index is 0.302. The fourth-order valence-electron chi connectivity index (χ4n) is 5.81. The van der Waals surface area contributed by atoms with E-state index < -0.39 is 12.3 Å². The predicted molar refractivity (Wildman–Crippen MR) is 241 cm³/mol. The number of thioether (sulfide) groups is 2. The first-order valence-electron chi connectivity index (χ1n) is 21.0. The summed E-state index contributed by atoms with van der Waals surface area (Å²) in [5, 5.41) is 0. The molecule has 0 radical (unpaired) electrons. The van der Waals surface area contributed by atoms with Crippen molar-refractivity contribution in [2.45, 2.75) is 121 Å². The summed E-state index contributed by atoms with van der Waals surface area (Å²) in [6.45, 7) is 8.60. The molecule has 6 nitrogen and oxygen atoms in total. The van der Waals surface area contributed by atoms with Crippen LogP contribution in [0.4, 0.5) is 9.59 Å². The average Bonchev–Trinajstić information content (AvgIpc) is 3.23. The van der Waals surface area contributed by atoms with Gasteiger partial charge in [-0.15, -0.1) is 23.5 Å². The summed E-state index contributed by atoms with van der Waals surface area (Å²) in [7, 11) is 0. The van der Waals surface area contributed by atoms with Crippen LogP contribution >= 0.6 is 23.5 Å². The predicted octanol–water partition coefficient (Wildman–Crippen LogP) is 15.6. The summed E-state index contributed by atoms with van der Waals surface area (Å²) >= 11 is 3.82. The number of unbranched alkanes of at least 4 members (excludes halogenated alkanes) is 10. The first-order valence-corrected chi connectivity index (χ1v) is 22.9. The molecule has 4 aromatic rings. The van der Waals surface area contributed by atoms with Crippen molar-refractivity contribution in [3.05, 3.63) is 109 Å². The first kappa shape index (κ1) is 47.2. The molecule has 57 heavy (non-hydrogen) atoms. The molecule has 0 unspecified atom stereocenters. The summed E-state index contributed by atoms with van der Waals surface area (Å²) in [5.74, 6) is 3.26. The van der Waals surface area contributed by atoms with Crippen molar-refractivity contribution < 1.29 is 28.5 Å². The van der Waals surface area contributed by atoms with Crippen molar-refractivity contribution in [3.63, 3.8) is 0 Å². The van der Waals surface area contributed by atoms with Gasteiger partial charge in [-0.25, -0.2) is 9.59 Å². The van der Waals surface area contributed by atoms with Crippen LogP contribution in [-0.2, 0) is 9.47 Å². The number of hydrogen-bond acceptors (Lipinski definition) is 8. The third-order valence-corrected chi connectivity index (χ3v) is 11.1. The molecule has 0 bridgehead atoms. The minimum atomic E-state index is -0.674. The summed E-state index contributed by atoms with van der Waals surface area (Å²) in [5.41, 5.74) is 4.48. The third-order valence-electron chi connectivity index (χ3n) is 8.97. The Kier molecular flexibility index (Phi) is 24.9. The Morgan fingerprint density at radius 2 is 0.807 bits per heavy atom. The van der Waals surface area contributed by atoms with Crippen molar-refractivity contribution in [1.29, 1.82) is 0 Å². The quantitative estimate of drug-likeness (QED) is 0.0228. The SMILES string of the molecule is CCCCC=CCCSc1ccc(-c2ccc(OC(=O)OCC)cc2)cc1.CCCCCCCCCCCSc1ccc(-c2ccc(OC(=O)OCC)cc2)cc1. The molecule has 0 aliphatic carbocycles. The molecule has 0 saturated heterocycles. The maximum absolute atomic E-state index is 11.4. The molecule has 0 aromatic heterocycles. The van der Waals surface area contributed by atoms with Crippen molar-refractivity contribution in [2.24, 2.45) is 0 Å². The molecule has 308 valence electrons. The Morgan fingerprint density at radius 1 is 0.439 bits per heavy atom. The van der Waals surface area contributed by atoms with E-state index in [9.17, 15) is 9.59 Å². The molecule has 0 heterocycles. The van der Waals surface area contributed by atoms with E-state index in [0.29, 0.717) is 24.7 Å². The van der Waals surface area contributed by atoms with Crippen LogP contribution in [0.25, 0.3) is 22.3 Å². The Morgan fingerprint density at radius 3 is 1.23 bits per heavy atom. The van der Waals surface area contributed by atoms with Gasteiger partial charge in [0.2, 0.25) is 0 Å². The molecule has 0 saturated carbocycles. The second-order valence-corrected chi connectivity index (χ2v) is 15.9. The number of carbonyl (C=O) groups excluding carboxylic acids is 2. The molecule has 4 rings (SSSR count). The third kappa shape index (κ3) is 20.7. The van der Waals surface area contributed by atoms with E-state index >= 15 is 0 Å². The van der Waals surface area contributed by atoms with Crippen LogP contribution in [0.15, 0.2) is 119 Å². The summed E-state index contributed by atoms with van der Waals surface area (Å²) in [6, 6.07) is 32.2. The Hall–Kier alpha value is -4.14. The Bertz CT molecular complexity index is 1670. The summed E-state index contributed by atoms with van der Waals surface area (Å²) < 4.78 is 19.7. The van der Waals surface area contributed by atoms with E-state index in [1.165, 1.54) is 92.6 Å². The van der Waals surface area contributed by atoms with Gasteiger partial charge in [-0.05, 0) is 110 Å². The molecule has 0 aliphatic heterocycles. The molecule has 0 spiro atoms. The van der Waals surface area contributed by atoms with Gasteiger partial charge in [0.15, 0.2) is 0 Å². The number of rotatable bonds is 24. The monoisotopic (exact) mass is 812 g/mol. The van der Waals surface area contributed by atoms with E-state index in [1.54, 1.807) is 38.1 Å². The van der Waals surface area contributed by atoms with Crippen LogP contribution in [0.1, 0.15) is 111 Å². The second-order valence-electron chi connectivity index (χ2n) is 13.6. The molecule has 0 atom stereocenters. The van der Waals surface area contributed by atoms with E-state index in [2.05, 4.69) is 74.5 Å². The highest BCUT2D eigenvalue weighted by Gasteiger charge is 2.07. The van der Waals surface area contributed by atoms with Gasteiger partial charge in [0.05, 0.1) is 13.2 Å². The van der Waals surface area contributed by atoms with Gasteiger partial charge in [-0.3, -0.25) is 0 Å². The fourth-order valence-corrected chi connectivity index (χ4v) is 7.54.